The average molecular weight is 211 g/mol. The molecule has 0 aliphatic carbocycles. The van der Waals surface area contributed by atoms with Crippen molar-refractivity contribution in [2.45, 2.75) is 18.5 Å². The second-order valence-electron chi connectivity index (χ2n) is 3.64. The zero-order valence-corrected chi connectivity index (χ0v) is 9.01. The Hall–Kier alpha value is -0.570. The van der Waals surface area contributed by atoms with Crippen LogP contribution in [0.4, 0.5) is 0 Å². The van der Waals surface area contributed by atoms with Crippen LogP contribution in [0.15, 0.2) is 24.3 Å². The van der Waals surface area contributed by atoms with Gasteiger partial charge in [0.2, 0.25) is 0 Å². The molecule has 0 saturated carbocycles. The highest BCUT2D eigenvalue weighted by atomic mass is 35.5. The number of piperazine rings is 1. The molecular formula is C11H15ClN2. The van der Waals surface area contributed by atoms with E-state index in [-0.39, 0.29) is 11.5 Å². The number of halogens is 1. The molecule has 14 heavy (non-hydrogen) atoms. The number of nitrogens with one attached hydrogen (secondary N) is 2. The fourth-order valence-corrected chi connectivity index (χ4v) is 2.20. The van der Waals surface area contributed by atoms with E-state index in [1.165, 1.54) is 11.1 Å². The first-order valence-corrected chi connectivity index (χ1v) is 5.39. The third-order valence-corrected chi connectivity index (χ3v) is 3.05. The molecule has 3 heteroatoms. The van der Waals surface area contributed by atoms with E-state index >= 15 is 0 Å². The van der Waals surface area contributed by atoms with Crippen LogP contribution in [0.2, 0.25) is 0 Å². The Labute approximate surface area is 89.7 Å². The molecule has 0 amide bonds. The monoisotopic (exact) mass is 210 g/mol. The van der Waals surface area contributed by atoms with E-state index < -0.39 is 0 Å². The highest BCUT2D eigenvalue weighted by Gasteiger charge is 2.24. The molecular weight excluding hydrogens is 196 g/mol. The molecule has 1 aromatic carbocycles. The van der Waals surface area contributed by atoms with Crippen molar-refractivity contribution in [1.82, 2.24) is 10.6 Å². The van der Waals surface area contributed by atoms with Crippen molar-refractivity contribution in [3.05, 3.63) is 35.4 Å². The maximum absolute atomic E-state index is 6.22. The third kappa shape index (κ3) is 1.92. The lowest BCUT2D eigenvalue weighted by Gasteiger charge is -2.30. The Kier molecular flexibility index (Phi) is 3.06. The van der Waals surface area contributed by atoms with E-state index in [9.17, 15) is 0 Å². The number of rotatable bonds is 1. The summed E-state index contributed by atoms with van der Waals surface area (Å²) in [6, 6.07) is 8.59. The zero-order chi connectivity index (χ0) is 9.97. The van der Waals surface area contributed by atoms with Gasteiger partial charge in [-0.05, 0) is 18.1 Å². The maximum Gasteiger partial charge on any atom is 0.102 e. The van der Waals surface area contributed by atoms with Crippen molar-refractivity contribution in [3.8, 4) is 0 Å². The normalized spacial score (nSPS) is 27.6. The minimum absolute atomic E-state index is 0.00940. The van der Waals surface area contributed by atoms with Crippen LogP contribution >= 0.6 is 11.6 Å². The fraction of sp³-hybridized carbons (Fsp3) is 0.455. The van der Waals surface area contributed by atoms with Crippen molar-refractivity contribution in [3.63, 3.8) is 0 Å². The highest BCUT2D eigenvalue weighted by Crippen LogP contribution is 2.23. The average Bonchev–Trinajstić information content (AvgIpc) is 2.20. The molecule has 1 fully saturated rings. The van der Waals surface area contributed by atoms with Gasteiger partial charge in [0.1, 0.15) is 5.50 Å². The molecule has 1 aliphatic rings. The molecule has 2 N–H and O–H groups in total. The summed E-state index contributed by atoms with van der Waals surface area (Å²) in [6.07, 6.45) is 0. The van der Waals surface area contributed by atoms with Gasteiger partial charge in [0.25, 0.3) is 0 Å². The minimum atomic E-state index is -0.00940. The van der Waals surface area contributed by atoms with Crippen LogP contribution in [0.25, 0.3) is 0 Å². The largest absolute Gasteiger partial charge is 0.306 e. The smallest absolute Gasteiger partial charge is 0.102 e. The molecule has 1 aliphatic heterocycles. The van der Waals surface area contributed by atoms with Crippen molar-refractivity contribution >= 4 is 11.6 Å². The summed E-state index contributed by atoms with van der Waals surface area (Å²) in [4.78, 5) is 0. The lowest BCUT2D eigenvalue weighted by atomic mass is 10.00. The van der Waals surface area contributed by atoms with Crippen LogP contribution in [0.3, 0.4) is 0 Å². The first-order chi connectivity index (χ1) is 6.79. The quantitative estimate of drug-likeness (QED) is 0.546. The van der Waals surface area contributed by atoms with Crippen molar-refractivity contribution < 1.29 is 0 Å². The Bertz CT molecular complexity index is 314. The molecule has 2 rings (SSSR count). The summed E-state index contributed by atoms with van der Waals surface area (Å²) in [5, 5.41) is 6.69. The minimum Gasteiger partial charge on any atom is -0.306 e. The number of aryl methyl sites for hydroxylation is 1. The van der Waals surface area contributed by atoms with E-state index in [1.807, 2.05) is 0 Å². The summed E-state index contributed by atoms with van der Waals surface area (Å²) in [5.74, 6) is 0. The Morgan fingerprint density at radius 3 is 2.64 bits per heavy atom. The predicted octanol–water partition coefficient (Wildman–Crippen LogP) is 1.79. The summed E-state index contributed by atoms with van der Waals surface area (Å²) >= 11 is 6.22. The molecule has 0 aromatic heterocycles. The van der Waals surface area contributed by atoms with Crippen molar-refractivity contribution in [2.75, 3.05) is 13.1 Å². The summed E-state index contributed by atoms with van der Waals surface area (Å²) < 4.78 is 0. The van der Waals surface area contributed by atoms with Crippen LogP contribution in [-0.2, 0) is 0 Å². The second-order valence-corrected chi connectivity index (χ2v) is 4.11. The van der Waals surface area contributed by atoms with Crippen LogP contribution < -0.4 is 10.6 Å². The molecule has 76 valence electrons. The second kappa shape index (κ2) is 4.30. The molecule has 1 heterocycles. The standard InChI is InChI=1S/C11H15ClN2/c1-8-4-2-3-5-9(8)10-11(12)14-7-6-13-10/h2-5,10-11,13-14H,6-7H2,1H3. The Morgan fingerprint density at radius 1 is 1.21 bits per heavy atom. The van der Waals surface area contributed by atoms with Gasteiger partial charge in [-0.2, -0.15) is 0 Å². The van der Waals surface area contributed by atoms with Crippen LogP contribution in [0, 0.1) is 6.92 Å². The van der Waals surface area contributed by atoms with Crippen LogP contribution in [0.1, 0.15) is 17.2 Å². The zero-order valence-electron chi connectivity index (χ0n) is 8.26. The van der Waals surface area contributed by atoms with Gasteiger partial charge in [-0.3, -0.25) is 5.32 Å². The van der Waals surface area contributed by atoms with Crippen LogP contribution in [0.5, 0.6) is 0 Å². The first kappa shape index (κ1) is 9.97. The lowest BCUT2D eigenvalue weighted by Crippen LogP contribution is -2.47. The topological polar surface area (TPSA) is 24.1 Å². The number of alkyl halides is 1. The van der Waals surface area contributed by atoms with E-state index in [0.717, 1.165) is 13.1 Å². The highest BCUT2D eigenvalue weighted by molar-refractivity contribution is 6.20. The van der Waals surface area contributed by atoms with Gasteiger partial charge in [0.05, 0.1) is 6.04 Å². The van der Waals surface area contributed by atoms with Crippen molar-refractivity contribution in [1.29, 1.82) is 0 Å². The summed E-state index contributed by atoms with van der Waals surface area (Å²) in [6.45, 7) is 4.04. The van der Waals surface area contributed by atoms with Crippen molar-refractivity contribution in [2.24, 2.45) is 0 Å². The Balaban J connectivity index is 2.25. The van der Waals surface area contributed by atoms with Gasteiger partial charge in [-0.15, -0.1) is 11.6 Å². The molecule has 2 nitrogen and oxygen atoms in total. The van der Waals surface area contributed by atoms with E-state index in [4.69, 9.17) is 11.6 Å². The van der Waals surface area contributed by atoms with Gasteiger partial charge >= 0.3 is 0 Å². The maximum atomic E-state index is 6.22. The molecule has 0 radical (unpaired) electrons. The number of hydrogen-bond donors (Lipinski definition) is 2. The molecule has 1 saturated heterocycles. The van der Waals surface area contributed by atoms with Gasteiger partial charge < -0.3 is 5.32 Å². The SMILES string of the molecule is Cc1ccccc1C1NCCNC1Cl. The molecule has 2 atom stereocenters. The molecule has 2 unspecified atom stereocenters. The first-order valence-electron chi connectivity index (χ1n) is 4.95. The third-order valence-electron chi connectivity index (χ3n) is 2.64. The van der Waals surface area contributed by atoms with Gasteiger partial charge in [0, 0.05) is 13.1 Å². The number of hydrogen-bond acceptors (Lipinski definition) is 2. The van der Waals surface area contributed by atoms with Gasteiger partial charge in [-0.1, -0.05) is 24.3 Å². The van der Waals surface area contributed by atoms with E-state index in [0.29, 0.717) is 0 Å². The van der Waals surface area contributed by atoms with Gasteiger partial charge in [0.15, 0.2) is 0 Å². The number of benzene rings is 1. The molecule has 0 spiro atoms. The Morgan fingerprint density at radius 2 is 1.93 bits per heavy atom. The summed E-state index contributed by atoms with van der Waals surface area (Å²) in [5.41, 5.74) is 2.57. The lowest BCUT2D eigenvalue weighted by molar-refractivity contribution is 0.397. The molecule has 0 bridgehead atoms. The van der Waals surface area contributed by atoms with E-state index in [1.54, 1.807) is 0 Å². The molecule has 1 aromatic rings. The van der Waals surface area contributed by atoms with Crippen LogP contribution in [-0.4, -0.2) is 18.6 Å². The summed E-state index contributed by atoms with van der Waals surface area (Å²) in [7, 11) is 0. The van der Waals surface area contributed by atoms with Gasteiger partial charge in [-0.25, -0.2) is 0 Å². The fourth-order valence-electron chi connectivity index (χ4n) is 1.86. The van der Waals surface area contributed by atoms with E-state index in [2.05, 4.69) is 41.8 Å². The predicted molar refractivity (Wildman–Crippen MR) is 59.6 cm³/mol.